The van der Waals surface area contributed by atoms with Crippen LogP contribution in [-0.2, 0) is 11.3 Å². The SMILES string of the molecule is CC(C)(N)C(CCn1ccc(-c2ccc(N3N=CCN3)cc2)cc1=O)C(=O)NO. The van der Waals surface area contributed by atoms with Crippen molar-refractivity contribution in [3.63, 3.8) is 0 Å². The van der Waals surface area contributed by atoms with Gasteiger partial charge < -0.3 is 10.3 Å². The van der Waals surface area contributed by atoms with Crippen LogP contribution in [0.3, 0.4) is 0 Å². The summed E-state index contributed by atoms with van der Waals surface area (Å²) >= 11 is 0. The van der Waals surface area contributed by atoms with Gasteiger partial charge in [0.2, 0.25) is 5.91 Å². The molecule has 0 saturated carbocycles. The van der Waals surface area contributed by atoms with Gasteiger partial charge in [-0.1, -0.05) is 12.1 Å². The molecule has 154 valence electrons. The van der Waals surface area contributed by atoms with Gasteiger partial charge in [-0.15, -0.1) is 0 Å². The second-order valence-corrected chi connectivity index (χ2v) is 7.60. The van der Waals surface area contributed by atoms with Crippen molar-refractivity contribution in [3.8, 4) is 11.1 Å². The lowest BCUT2D eigenvalue weighted by atomic mass is 9.85. The fraction of sp³-hybridized carbons (Fsp3) is 0.350. The summed E-state index contributed by atoms with van der Waals surface area (Å²) in [5.41, 5.74) is 12.4. The molecule has 2 heterocycles. The average molecular weight is 398 g/mol. The third kappa shape index (κ3) is 4.89. The summed E-state index contributed by atoms with van der Waals surface area (Å²) < 4.78 is 1.53. The molecular weight excluding hydrogens is 372 g/mol. The molecule has 0 spiro atoms. The first-order valence-corrected chi connectivity index (χ1v) is 9.39. The maximum atomic E-state index is 12.5. The van der Waals surface area contributed by atoms with Crippen LogP contribution in [0, 0.1) is 5.92 Å². The van der Waals surface area contributed by atoms with E-state index in [4.69, 9.17) is 10.9 Å². The Kier molecular flexibility index (Phi) is 6.12. The molecule has 1 aliphatic rings. The number of rotatable bonds is 7. The molecule has 3 rings (SSSR count). The molecule has 1 atom stereocenters. The Morgan fingerprint density at radius 1 is 1.31 bits per heavy atom. The number of pyridine rings is 1. The van der Waals surface area contributed by atoms with Gasteiger partial charge in [-0.2, -0.15) is 10.2 Å². The molecular formula is C20H26N6O3. The van der Waals surface area contributed by atoms with Gasteiger partial charge in [0.15, 0.2) is 0 Å². The molecule has 9 heteroatoms. The van der Waals surface area contributed by atoms with Gasteiger partial charge in [0, 0.05) is 30.6 Å². The largest absolute Gasteiger partial charge is 0.325 e. The van der Waals surface area contributed by atoms with Crippen molar-refractivity contribution >= 4 is 17.8 Å². The summed E-state index contributed by atoms with van der Waals surface area (Å²) in [6, 6.07) is 11.1. The summed E-state index contributed by atoms with van der Waals surface area (Å²) in [4.78, 5) is 24.4. The lowest BCUT2D eigenvalue weighted by Gasteiger charge is -2.28. The van der Waals surface area contributed by atoms with Gasteiger partial charge in [0.05, 0.1) is 18.2 Å². The number of aromatic nitrogens is 1. The van der Waals surface area contributed by atoms with Crippen molar-refractivity contribution in [1.82, 2.24) is 15.5 Å². The van der Waals surface area contributed by atoms with Gasteiger partial charge >= 0.3 is 0 Å². The van der Waals surface area contributed by atoms with Crippen LogP contribution in [0.15, 0.2) is 52.5 Å². The third-order valence-corrected chi connectivity index (χ3v) is 4.95. The fourth-order valence-electron chi connectivity index (χ4n) is 3.30. The van der Waals surface area contributed by atoms with E-state index in [0.29, 0.717) is 19.5 Å². The van der Waals surface area contributed by atoms with E-state index < -0.39 is 17.4 Å². The van der Waals surface area contributed by atoms with Crippen molar-refractivity contribution in [1.29, 1.82) is 0 Å². The van der Waals surface area contributed by atoms with Gasteiger partial charge in [0.25, 0.3) is 5.56 Å². The normalized spacial score (nSPS) is 14.8. The van der Waals surface area contributed by atoms with Crippen molar-refractivity contribution in [2.75, 3.05) is 11.7 Å². The Labute approximate surface area is 168 Å². The highest BCUT2D eigenvalue weighted by atomic mass is 16.5. The van der Waals surface area contributed by atoms with Gasteiger partial charge in [-0.3, -0.25) is 14.8 Å². The molecule has 1 aromatic heterocycles. The predicted octanol–water partition coefficient (Wildman–Crippen LogP) is 1.07. The number of hydrogen-bond donors (Lipinski definition) is 4. The van der Waals surface area contributed by atoms with Crippen LogP contribution in [0.4, 0.5) is 5.69 Å². The second kappa shape index (κ2) is 8.56. The van der Waals surface area contributed by atoms with Crippen LogP contribution in [-0.4, -0.2) is 34.0 Å². The molecule has 0 fully saturated rings. The molecule has 0 saturated heterocycles. The topological polar surface area (TPSA) is 125 Å². The second-order valence-electron chi connectivity index (χ2n) is 7.60. The number of hydrogen-bond acceptors (Lipinski definition) is 7. The number of aryl methyl sites for hydroxylation is 1. The van der Waals surface area contributed by atoms with Crippen LogP contribution >= 0.6 is 0 Å². The summed E-state index contributed by atoms with van der Waals surface area (Å²) in [6.45, 7) is 4.44. The Hall–Kier alpha value is -3.01. The summed E-state index contributed by atoms with van der Waals surface area (Å²) in [7, 11) is 0. The third-order valence-electron chi connectivity index (χ3n) is 4.95. The number of nitrogens with two attached hydrogens (primary N) is 1. The van der Waals surface area contributed by atoms with Gasteiger partial charge in [-0.25, -0.2) is 10.9 Å². The Bertz CT molecular complexity index is 946. The molecule has 1 aromatic carbocycles. The molecule has 1 amide bonds. The Balaban J connectivity index is 1.72. The zero-order chi connectivity index (χ0) is 21.0. The number of amides is 1. The van der Waals surface area contributed by atoms with E-state index in [1.165, 1.54) is 4.57 Å². The minimum Gasteiger partial charge on any atom is -0.325 e. The predicted molar refractivity (Wildman–Crippen MR) is 111 cm³/mol. The molecule has 2 aromatic rings. The Morgan fingerprint density at radius 3 is 2.59 bits per heavy atom. The Morgan fingerprint density at radius 2 is 2.03 bits per heavy atom. The zero-order valence-corrected chi connectivity index (χ0v) is 16.5. The van der Waals surface area contributed by atoms with E-state index in [9.17, 15) is 9.59 Å². The zero-order valence-electron chi connectivity index (χ0n) is 16.5. The van der Waals surface area contributed by atoms with E-state index in [0.717, 1.165) is 16.8 Å². The molecule has 9 nitrogen and oxygen atoms in total. The molecule has 0 bridgehead atoms. The summed E-state index contributed by atoms with van der Waals surface area (Å²) in [5.74, 6) is -1.19. The van der Waals surface area contributed by atoms with E-state index in [2.05, 4.69) is 10.5 Å². The first-order valence-electron chi connectivity index (χ1n) is 9.39. The monoisotopic (exact) mass is 398 g/mol. The first kappa shape index (κ1) is 20.7. The number of anilines is 1. The quantitative estimate of drug-likeness (QED) is 0.408. The van der Waals surface area contributed by atoms with Gasteiger partial charge in [0.1, 0.15) is 0 Å². The van der Waals surface area contributed by atoms with Crippen LogP contribution in [0.2, 0.25) is 0 Å². The molecule has 5 N–H and O–H groups in total. The standard InChI is InChI=1S/C20H26N6O3/c1-20(2,21)17(19(28)24-29)8-12-25-11-7-15(13-18(25)27)14-3-5-16(6-4-14)26-22-9-10-23-26/h3-7,9,11,13,17,23,29H,8,10,12,21H2,1-2H3,(H,24,28). The van der Waals surface area contributed by atoms with Crippen LogP contribution in [0.5, 0.6) is 0 Å². The average Bonchev–Trinajstić information content (AvgIpc) is 3.23. The summed E-state index contributed by atoms with van der Waals surface area (Å²) in [6.07, 6.45) is 3.82. The van der Waals surface area contributed by atoms with Crippen LogP contribution < -0.4 is 27.3 Å². The maximum absolute atomic E-state index is 12.5. The maximum Gasteiger partial charge on any atom is 0.251 e. The minimum absolute atomic E-state index is 0.171. The van der Waals surface area contributed by atoms with E-state index >= 15 is 0 Å². The smallest absolute Gasteiger partial charge is 0.251 e. The number of benzene rings is 1. The number of carbonyl (C=O) groups is 1. The van der Waals surface area contributed by atoms with Crippen LogP contribution in [0.25, 0.3) is 11.1 Å². The number of hydrazone groups is 1. The molecule has 1 unspecified atom stereocenters. The minimum atomic E-state index is -0.827. The highest BCUT2D eigenvalue weighted by molar-refractivity contribution is 5.78. The fourth-order valence-corrected chi connectivity index (χ4v) is 3.30. The number of hydrazine groups is 1. The molecule has 29 heavy (non-hydrogen) atoms. The number of carbonyl (C=O) groups excluding carboxylic acids is 1. The van der Waals surface area contributed by atoms with E-state index in [1.54, 1.807) is 42.9 Å². The van der Waals surface area contributed by atoms with E-state index in [1.807, 2.05) is 30.3 Å². The van der Waals surface area contributed by atoms with Crippen LogP contribution in [0.1, 0.15) is 20.3 Å². The lowest BCUT2D eigenvalue weighted by Crippen LogP contribution is -2.49. The highest BCUT2D eigenvalue weighted by Gasteiger charge is 2.31. The van der Waals surface area contributed by atoms with Crippen molar-refractivity contribution < 1.29 is 10.0 Å². The molecule has 1 aliphatic heterocycles. The van der Waals surface area contributed by atoms with Crippen molar-refractivity contribution in [2.45, 2.75) is 32.4 Å². The molecule has 0 radical (unpaired) electrons. The molecule has 0 aliphatic carbocycles. The first-order chi connectivity index (χ1) is 13.8. The number of hydroxylamine groups is 1. The van der Waals surface area contributed by atoms with E-state index in [-0.39, 0.29) is 5.56 Å². The number of nitrogens with zero attached hydrogens (tertiary/aromatic N) is 3. The van der Waals surface area contributed by atoms with Crippen molar-refractivity contribution in [2.24, 2.45) is 16.8 Å². The lowest BCUT2D eigenvalue weighted by molar-refractivity contribution is -0.135. The summed E-state index contributed by atoms with van der Waals surface area (Å²) in [5, 5.41) is 14.8. The van der Waals surface area contributed by atoms with Gasteiger partial charge in [-0.05, 0) is 49.6 Å². The number of nitrogens with one attached hydrogen (secondary N) is 2. The van der Waals surface area contributed by atoms with Crippen molar-refractivity contribution in [3.05, 3.63) is 52.9 Å². The highest BCUT2D eigenvalue weighted by Crippen LogP contribution is 2.23.